The monoisotopic (exact) mass is 238 g/mol. The van der Waals surface area contributed by atoms with Crippen LogP contribution >= 0.6 is 0 Å². The van der Waals surface area contributed by atoms with Gasteiger partial charge in [-0.15, -0.1) is 0 Å². The molecule has 94 valence electrons. The van der Waals surface area contributed by atoms with Crippen LogP contribution in [0.2, 0.25) is 0 Å². The molecule has 0 aromatic heterocycles. The number of anilines is 1. The Morgan fingerprint density at radius 3 is 2.53 bits per heavy atom. The summed E-state index contributed by atoms with van der Waals surface area (Å²) in [6.07, 6.45) is 0.870. The maximum absolute atomic E-state index is 13.2. The normalized spacial score (nSPS) is 10.6. The molecule has 1 rings (SSSR count). The number of nitrogens with two attached hydrogens (primary N) is 1. The van der Waals surface area contributed by atoms with Crippen LogP contribution in [0.4, 0.5) is 10.1 Å². The Bertz CT molecular complexity index is 384. The average Bonchev–Trinajstić information content (AvgIpc) is 2.23. The third-order valence-corrected chi connectivity index (χ3v) is 2.52. The van der Waals surface area contributed by atoms with Crippen LogP contribution in [0.25, 0.3) is 0 Å². The minimum atomic E-state index is -0.478. The predicted octanol–water partition coefficient (Wildman–Crippen LogP) is 2.67. The van der Waals surface area contributed by atoms with Gasteiger partial charge in [-0.05, 0) is 38.5 Å². The van der Waals surface area contributed by atoms with Gasteiger partial charge in [-0.1, -0.05) is 6.92 Å². The van der Waals surface area contributed by atoms with Crippen LogP contribution in [-0.4, -0.2) is 23.4 Å². The van der Waals surface area contributed by atoms with E-state index in [9.17, 15) is 9.18 Å². The molecule has 17 heavy (non-hydrogen) atoms. The van der Waals surface area contributed by atoms with Crippen molar-refractivity contribution in [3.63, 3.8) is 0 Å². The van der Waals surface area contributed by atoms with Gasteiger partial charge in [-0.25, -0.2) is 4.39 Å². The zero-order valence-electron chi connectivity index (χ0n) is 10.5. The molecule has 0 saturated heterocycles. The molecule has 0 radical (unpaired) electrons. The molecule has 0 aliphatic heterocycles. The maximum atomic E-state index is 13.2. The van der Waals surface area contributed by atoms with E-state index in [1.807, 2.05) is 20.8 Å². The number of hydrogen-bond donors (Lipinski definition) is 1. The third-order valence-electron chi connectivity index (χ3n) is 2.52. The number of amides is 1. The van der Waals surface area contributed by atoms with E-state index in [1.54, 1.807) is 4.90 Å². The Morgan fingerprint density at radius 1 is 1.41 bits per heavy atom. The Balaban J connectivity index is 3.00. The molecule has 0 aliphatic rings. The summed E-state index contributed by atoms with van der Waals surface area (Å²) < 4.78 is 13.2. The molecule has 0 unspecified atom stereocenters. The van der Waals surface area contributed by atoms with Crippen LogP contribution in [0.5, 0.6) is 0 Å². The number of rotatable bonds is 4. The van der Waals surface area contributed by atoms with E-state index in [1.165, 1.54) is 18.2 Å². The number of nitrogens with zero attached hydrogens (tertiary/aromatic N) is 1. The van der Waals surface area contributed by atoms with Gasteiger partial charge in [0.15, 0.2) is 0 Å². The minimum Gasteiger partial charge on any atom is -0.399 e. The number of hydrogen-bond acceptors (Lipinski definition) is 2. The number of benzene rings is 1. The molecule has 0 bridgehead atoms. The maximum Gasteiger partial charge on any atom is 0.254 e. The molecule has 0 fully saturated rings. The highest BCUT2D eigenvalue weighted by Gasteiger charge is 2.18. The number of carbonyl (C=O) groups excluding carboxylic acids is 1. The van der Waals surface area contributed by atoms with Crippen molar-refractivity contribution in [3.8, 4) is 0 Å². The van der Waals surface area contributed by atoms with Crippen LogP contribution in [0.15, 0.2) is 18.2 Å². The molecule has 2 N–H and O–H groups in total. The third kappa shape index (κ3) is 3.44. The van der Waals surface area contributed by atoms with Crippen molar-refractivity contribution >= 4 is 11.6 Å². The van der Waals surface area contributed by atoms with Crippen molar-refractivity contribution in [2.75, 3.05) is 12.3 Å². The van der Waals surface area contributed by atoms with Gasteiger partial charge in [-0.2, -0.15) is 0 Å². The van der Waals surface area contributed by atoms with E-state index in [0.717, 1.165) is 6.42 Å². The van der Waals surface area contributed by atoms with Crippen LogP contribution in [-0.2, 0) is 0 Å². The summed E-state index contributed by atoms with van der Waals surface area (Å²) in [5.41, 5.74) is 6.12. The first-order valence-corrected chi connectivity index (χ1v) is 5.82. The van der Waals surface area contributed by atoms with Crippen molar-refractivity contribution < 1.29 is 9.18 Å². The van der Waals surface area contributed by atoms with Crippen molar-refractivity contribution in [2.24, 2.45) is 0 Å². The molecule has 1 aromatic rings. The van der Waals surface area contributed by atoms with E-state index in [-0.39, 0.29) is 17.6 Å². The predicted molar refractivity (Wildman–Crippen MR) is 67.3 cm³/mol. The molecule has 0 saturated carbocycles. The summed E-state index contributed by atoms with van der Waals surface area (Å²) in [6.45, 7) is 6.54. The molecule has 3 nitrogen and oxygen atoms in total. The zero-order valence-corrected chi connectivity index (χ0v) is 10.5. The number of carbonyl (C=O) groups is 1. The smallest absolute Gasteiger partial charge is 0.254 e. The Morgan fingerprint density at radius 2 is 2.06 bits per heavy atom. The molecule has 1 amide bonds. The van der Waals surface area contributed by atoms with Crippen LogP contribution in [0.1, 0.15) is 37.6 Å². The lowest BCUT2D eigenvalue weighted by Gasteiger charge is -2.26. The first-order chi connectivity index (χ1) is 7.95. The fraction of sp³-hybridized carbons (Fsp3) is 0.462. The fourth-order valence-electron chi connectivity index (χ4n) is 1.74. The van der Waals surface area contributed by atoms with Crippen molar-refractivity contribution in [1.82, 2.24) is 4.90 Å². The Labute approximate surface area is 101 Å². The van der Waals surface area contributed by atoms with Gasteiger partial charge in [0, 0.05) is 23.8 Å². The summed E-state index contributed by atoms with van der Waals surface area (Å²) in [7, 11) is 0. The van der Waals surface area contributed by atoms with Crippen LogP contribution in [0, 0.1) is 5.82 Å². The largest absolute Gasteiger partial charge is 0.399 e. The van der Waals surface area contributed by atoms with Crippen molar-refractivity contribution in [1.29, 1.82) is 0 Å². The number of nitrogen functional groups attached to an aromatic ring is 1. The van der Waals surface area contributed by atoms with Gasteiger partial charge in [-0.3, -0.25) is 4.79 Å². The zero-order chi connectivity index (χ0) is 13.0. The van der Waals surface area contributed by atoms with E-state index >= 15 is 0 Å². The van der Waals surface area contributed by atoms with Crippen LogP contribution in [0.3, 0.4) is 0 Å². The molecular weight excluding hydrogens is 219 g/mol. The topological polar surface area (TPSA) is 46.3 Å². The van der Waals surface area contributed by atoms with Crippen LogP contribution < -0.4 is 5.73 Å². The highest BCUT2D eigenvalue weighted by molar-refractivity contribution is 5.95. The highest BCUT2D eigenvalue weighted by atomic mass is 19.1. The van der Waals surface area contributed by atoms with E-state index in [2.05, 4.69) is 0 Å². The minimum absolute atomic E-state index is 0.0898. The lowest BCUT2D eigenvalue weighted by molar-refractivity contribution is 0.0705. The van der Waals surface area contributed by atoms with Gasteiger partial charge in [0.05, 0.1) is 0 Å². The average molecular weight is 238 g/mol. The summed E-state index contributed by atoms with van der Waals surface area (Å²) in [5.74, 6) is -0.651. The van der Waals surface area contributed by atoms with Gasteiger partial charge in [0.1, 0.15) is 5.82 Å². The second kappa shape index (κ2) is 5.66. The van der Waals surface area contributed by atoms with Crippen molar-refractivity contribution in [2.45, 2.75) is 33.2 Å². The fourth-order valence-corrected chi connectivity index (χ4v) is 1.74. The Hall–Kier alpha value is -1.58. The lowest BCUT2D eigenvalue weighted by Crippen LogP contribution is -2.37. The quantitative estimate of drug-likeness (QED) is 0.820. The van der Waals surface area contributed by atoms with E-state index in [0.29, 0.717) is 12.1 Å². The molecule has 1 aromatic carbocycles. The first kappa shape index (κ1) is 13.5. The van der Waals surface area contributed by atoms with Gasteiger partial charge in [0.2, 0.25) is 0 Å². The van der Waals surface area contributed by atoms with E-state index < -0.39 is 5.82 Å². The van der Waals surface area contributed by atoms with Gasteiger partial charge < -0.3 is 10.6 Å². The molecule has 4 heteroatoms. The molecule has 0 heterocycles. The highest BCUT2D eigenvalue weighted by Crippen LogP contribution is 2.14. The standard InChI is InChI=1S/C13H19FN2O/c1-4-5-16(9(2)3)13(17)10-6-11(14)8-12(15)7-10/h6-9H,4-5,15H2,1-3H3. The van der Waals surface area contributed by atoms with Gasteiger partial charge in [0.25, 0.3) is 5.91 Å². The SMILES string of the molecule is CCCN(C(=O)c1cc(N)cc(F)c1)C(C)C. The van der Waals surface area contributed by atoms with Gasteiger partial charge >= 0.3 is 0 Å². The summed E-state index contributed by atoms with van der Waals surface area (Å²) in [6, 6.07) is 4.03. The van der Waals surface area contributed by atoms with E-state index in [4.69, 9.17) is 5.73 Å². The molecule has 0 aliphatic carbocycles. The molecular formula is C13H19FN2O. The lowest BCUT2D eigenvalue weighted by atomic mass is 10.1. The molecule has 0 spiro atoms. The number of halogens is 1. The van der Waals surface area contributed by atoms with Crippen molar-refractivity contribution in [3.05, 3.63) is 29.6 Å². The first-order valence-electron chi connectivity index (χ1n) is 5.82. The molecule has 0 atom stereocenters. The second-order valence-corrected chi connectivity index (χ2v) is 4.37. The summed E-state index contributed by atoms with van der Waals surface area (Å²) in [4.78, 5) is 13.9. The summed E-state index contributed by atoms with van der Waals surface area (Å²) >= 11 is 0. The Kier molecular flexibility index (Phi) is 4.49. The second-order valence-electron chi connectivity index (χ2n) is 4.37. The summed E-state index contributed by atoms with van der Waals surface area (Å²) in [5, 5.41) is 0.